The number of allylic oxidation sites excluding steroid dienone is 1. The fraction of sp³-hybridized carbons (Fsp3) is 0.357. The van der Waals surface area contributed by atoms with Gasteiger partial charge in [0.25, 0.3) is 5.91 Å². The smallest absolute Gasteiger partial charge is 0.328 e. The van der Waals surface area contributed by atoms with Gasteiger partial charge in [0.1, 0.15) is 6.04 Å². The van der Waals surface area contributed by atoms with Gasteiger partial charge in [0.15, 0.2) is 0 Å². The van der Waals surface area contributed by atoms with Crippen molar-refractivity contribution in [2.45, 2.75) is 45.6 Å². The van der Waals surface area contributed by atoms with E-state index in [-0.39, 0.29) is 33.9 Å². The molecule has 1 unspecified atom stereocenters. The number of anilines is 1. The lowest BCUT2D eigenvalue weighted by Gasteiger charge is -2.37. The Balaban J connectivity index is 1.66. The maximum atomic E-state index is 13.1. The molecule has 38 heavy (non-hydrogen) atoms. The lowest BCUT2D eigenvalue weighted by Crippen LogP contribution is -2.47. The van der Waals surface area contributed by atoms with Crippen molar-refractivity contribution in [2.75, 3.05) is 12.4 Å². The van der Waals surface area contributed by atoms with Crippen LogP contribution in [0.1, 0.15) is 49.0 Å². The molecule has 0 spiro atoms. The Morgan fingerprint density at radius 1 is 1.11 bits per heavy atom. The summed E-state index contributed by atoms with van der Waals surface area (Å²) in [6.45, 7) is 3.83. The van der Waals surface area contributed by atoms with Crippen LogP contribution in [0.4, 0.5) is 5.69 Å². The summed E-state index contributed by atoms with van der Waals surface area (Å²) in [7, 11) is 1.26. The van der Waals surface area contributed by atoms with Crippen LogP contribution in [0.2, 0.25) is 10.0 Å². The Kier molecular flexibility index (Phi) is 9.57. The van der Waals surface area contributed by atoms with E-state index in [1.165, 1.54) is 13.2 Å². The highest BCUT2D eigenvalue weighted by atomic mass is 35.5. The van der Waals surface area contributed by atoms with E-state index in [4.69, 9.17) is 33.0 Å². The molecule has 8 nitrogen and oxygen atoms in total. The molecule has 0 heterocycles. The molecule has 0 aliphatic heterocycles. The molecule has 2 atom stereocenters. The first-order valence-electron chi connectivity index (χ1n) is 12.1. The molecule has 3 rings (SSSR count). The van der Waals surface area contributed by atoms with Gasteiger partial charge >= 0.3 is 11.9 Å². The molecule has 1 aliphatic rings. The lowest BCUT2D eigenvalue weighted by atomic mass is 9.68. The summed E-state index contributed by atoms with van der Waals surface area (Å²) in [5, 5.41) is 15.1. The maximum Gasteiger partial charge on any atom is 0.328 e. The number of ether oxygens (including phenoxy) is 1. The van der Waals surface area contributed by atoms with E-state index in [1.807, 2.05) is 13.8 Å². The van der Waals surface area contributed by atoms with Gasteiger partial charge in [0.2, 0.25) is 5.91 Å². The fourth-order valence-corrected chi connectivity index (χ4v) is 5.22. The van der Waals surface area contributed by atoms with Crippen LogP contribution >= 0.6 is 23.2 Å². The third-order valence-corrected chi connectivity index (χ3v) is 7.33. The molecule has 1 fully saturated rings. The Bertz CT molecular complexity index is 1240. The minimum atomic E-state index is -1.00. The largest absolute Gasteiger partial charge is 0.478 e. The van der Waals surface area contributed by atoms with E-state index in [9.17, 15) is 19.2 Å². The van der Waals surface area contributed by atoms with Crippen molar-refractivity contribution in [1.82, 2.24) is 5.32 Å². The van der Waals surface area contributed by atoms with Crippen LogP contribution in [0.25, 0.3) is 0 Å². The van der Waals surface area contributed by atoms with E-state index >= 15 is 0 Å². The third kappa shape index (κ3) is 7.36. The average Bonchev–Trinajstić information content (AvgIpc) is 2.85. The molecule has 0 saturated heterocycles. The fourth-order valence-electron chi connectivity index (χ4n) is 4.65. The number of carboxylic acid groups (broad SMARTS) is 1. The summed E-state index contributed by atoms with van der Waals surface area (Å²) in [5.74, 6) is -2.67. The minimum absolute atomic E-state index is 0.171. The number of esters is 1. The Labute approximate surface area is 231 Å². The molecule has 1 saturated carbocycles. The number of carbonyl (C=O) groups excluding carboxylic acids is 3. The molecule has 10 heteroatoms. The number of benzene rings is 2. The number of hydrogen-bond donors (Lipinski definition) is 3. The van der Waals surface area contributed by atoms with Gasteiger partial charge in [-0.25, -0.2) is 9.59 Å². The first-order chi connectivity index (χ1) is 17.9. The van der Waals surface area contributed by atoms with Crippen molar-refractivity contribution in [3.8, 4) is 0 Å². The molecule has 202 valence electrons. The van der Waals surface area contributed by atoms with Crippen molar-refractivity contribution in [3.63, 3.8) is 0 Å². The van der Waals surface area contributed by atoms with Crippen LogP contribution in [0.15, 0.2) is 54.1 Å². The van der Waals surface area contributed by atoms with Crippen LogP contribution < -0.4 is 10.6 Å². The van der Waals surface area contributed by atoms with E-state index in [1.54, 1.807) is 42.5 Å². The molecule has 0 radical (unpaired) electrons. The van der Waals surface area contributed by atoms with Gasteiger partial charge in [-0.2, -0.15) is 0 Å². The number of methoxy groups -OCH3 is 1. The van der Waals surface area contributed by atoms with Gasteiger partial charge in [-0.1, -0.05) is 60.8 Å². The van der Waals surface area contributed by atoms with Gasteiger partial charge in [0.05, 0.1) is 22.7 Å². The van der Waals surface area contributed by atoms with E-state index < -0.39 is 29.3 Å². The highest BCUT2D eigenvalue weighted by molar-refractivity contribution is 6.40. The highest BCUT2D eigenvalue weighted by Gasteiger charge is 2.37. The van der Waals surface area contributed by atoms with Crippen molar-refractivity contribution in [2.24, 2.45) is 11.3 Å². The number of carbonyl (C=O) groups is 4. The van der Waals surface area contributed by atoms with Gasteiger partial charge < -0.3 is 20.5 Å². The summed E-state index contributed by atoms with van der Waals surface area (Å²) in [4.78, 5) is 49.3. The number of hydrogen-bond acceptors (Lipinski definition) is 5. The molecule has 2 aromatic rings. The molecule has 1 aliphatic carbocycles. The Morgan fingerprint density at radius 2 is 1.74 bits per heavy atom. The first-order valence-corrected chi connectivity index (χ1v) is 12.8. The predicted molar refractivity (Wildman–Crippen MR) is 145 cm³/mol. The van der Waals surface area contributed by atoms with Gasteiger partial charge in [-0.15, -0.1) is 0 Å². The number of aliphatic carboxylic acids is 1. The van der Waals surface area contributed by atoms with Crippen molar-refractivity contribution < 1.29 is 29.0 Å². The number of carboxylic acids is 1. The van der Waals surface area contributed by atoms with E-state index in [0.29, 0.717) is 24.9 Å². The number of halogens is 2. The second-order valence-electron chi connectivity index (χ2n) is 9.87. The van der Waals surface area contributed by atoms with Gasteiger partial charge in [-0.3, -0.25) is 9.59 Å². The average molecular weight is 561 g/mol. The molecular formula is C28H30Cl2N2O6. The van der Waals surface area contributed by atoms with Crippen molar-refractivity contribution in [1.29, 1.82) is 0 Å². The lowest BCUT2D eigenvalue weighted by molar-refractivity contribution is -0.145. The molecule has 0 aromatic heterocycles. The summed E-state index contributed by atoms with van der Waals surface area (Å²) < 4.78 is 4.91. The normalized spacial score (nSPS) is 18.3. The summed E-state index contributed by atoms with van der Waals surface area (Å²) in [5.41, 5.74) is 1.76. The summed E-state index contributed by atoms with van der Waals surface area (Å²) in [6, 6.07) is 10.7. The predicted octanol–water partition coefficient (Wildman–Crippen LogP) is 5.28. The highest BCUT2D eigenvalue weighted by Crippen LogP contribution is 2.43. The number of amides is 2. The Morgan fingerprint density at radius 3 is 2.29 bits per heavy atom. The van der Waals surface area contributed by atoms with E-state index in [2.05, 4.69) is 10.6 Å². The molecule has 2 amide bonds. The molecule has 0 bridgehead atoms. The van der Waals surface area contributed by atoms with Crippen molar-refractivity contribution in [3.05, 3.63) is 75.3 Å². The van der Waals surface area contributed by atoms with Crippen molar-refractivity contribution >= 4 is 52.6 Å². The maximum absolute atomic E-state index is 13.1. The molecule has 2 aromatic carbocycles. The second kappa shape index (κ2) is 12.5. The van der Waals surface area contributed by atoms with Crippen LogP contribution in [0.3, 0.4) is 0 Å². The SMILES string of the molecule is COC(=O)[C@H](Cc1ccc(NC(=O)c2c(Cl)cccc2Cl)cc1)NC(=O)C1CC/C(=C\C(=O)O)C(C)(C)C1. The Hall–Kier alpha value is -3.36. The third-order valence-electron chi connectivity index (χ3n) is 6.70. The quantitative estimate of drug-likeness (QED) is 0.298. The first kappa shape index (κ1) is 29.2. The standard InChI is InChI=1S/C28H30Cl2N2O6/c1-28(2)15-17(9-10-18(28)14-23(33)34)25(35)32-22(27(37)38-3)13-16-7-11-19(12-8-16)31-26(36)24-20(29)5-4-6-21(24)30/h4-8,11-12,14,17,22H,9-10,13,15H2,1-3H3,(H,31,36)(H,32,35)(H,33,34)/b18-14+/t17?,22-/m0/s1. The zero-order valence-electron chi connectivity index (χ0n) is 21.3. The van der Waals surface area contributed by atoms with Gasteiger partial charge in [-0.05, 0) is 54.5 Å². The zero-order valence-corrected chi connectivity index (χ0v) is 22.9. The topological polar surface area (TPSA) is 122 Å². The molecular weight excluding hydrogens is 531 g/mol. The van der Waals surface area contributed by atoms with Crippen LogP contribution in [0, 0.1) is 11.3 Å². The van der Waals surface area contributed by atoms with Crippen LogP contribution in [0.5, 0.6) is 0 Å². The van der Waals surface area contributed by atoms with E-state index in [0.717, 1.165) is 11.1 Å². The summed E-state index contributed by atoms with van der Waals surface area (Å²) in [6.07, 6.45) is 2.86. The van der Waals surface area contributed by atoms with Crippen LogP contribution in [-0.4, -0.2) is 42.0 Å². The van der Waals surface area contributed by atoms with Gasteiger partial charge in [0, 0.05) is 24.1 Å². The number of rotatable bonds is 8. The zero-order chi connectivity index (χ0) is 28.0. The summed E-state index contributed by atoms with van der Waals surface area (Å²) >= 11 is 12.2. The monoisotopic (exact) mass is 560 g/mol. The van der Waals surface area contributed by atoms with Crippen LogP contribution in [-0.2, 0) is 25.5 Å². The molecule has 3 N–H and O–H groups in total. The minimum Gasteiger partial charge on any atom is -0.478 e. The number of nitrogens with one attached hydrogen (secondary N) is 2. The second-order valence-corrected chi connectivity index (χ2v) is 10.7.